The van der Waals surface area contributed by atoms with E-state index >= 15 is 0 Å². The van der Waals surface area contributed by atoms with Crippen molar-refractivity contribution in [1.82, 2.24) is 4.90 Å². The summed E-state index contributed by atoms with van der Waals surface area (Å²) >= 11 is 0. The van der Waals surface area contributed by atoms with Gasteiger partial charge in [0.1, 0.15) is 0 Å². The zero-order chi connectivity index (χ0) is 21.2. The van der Waals surface area contributed by atoms with Crippen molar-refractivity contribution in [1.29, 1.82) is 0 Å². The molecule has 1 fully saturated rings. The number of carboxylic acids is 1. The number of carbonyl (C=O) groups is 1. The summed E-state index contributed by atoms with van der Waals surface area (Å²) < 4.78 is 65.1. The van der Waals surface area contributed by atoms with Crippen molar-refractivity contribution in [2.45, 2.75) is 31.5 Å². The van der Waals surface area contributed by atoms with Crippen LogP contribution in [0.15, 0.2) is 42.5 Å². The normalized spacial score (nSPS) is 20.6. The van der Waals surface area contributed by atoms with Crippen molar-refractivity contribution < 1.29 is 31.9 Å². The number of halogens is 5. The molecule has 156 valence electrons. The summed E-state index contributed by atoms with van der Waals surface area (Å²) in [6.45, 7) is 1.28. The minimum atomic E-state index is -4.41. The maximum absolute atomic E-state index is 13.6. The van der Waals surface area contributed by atoms with Crippen LogP contribution in [-0.2, 0) is 17.5 Å². The van der Waals surface area contributed by atoms with Crippen LogP contribution >= 0.6 is 0 Å². The number of alkyl halides is 3. The van der Waals surface area contributed by atoms with Crippen LogP contribution in [0.3, 0.4) is 0 Å². The number of carboxylic acid groups (broad SMARTS) is 1. The van der Waals surface area contributed by atoms with E-state index in [0.29, 0.717) is 37.2 Å². The molecule has 2 aromatic rings. The third-order valence-electron chi connectivity index (χ3n) is 5.18. The van der Waals surface area contributed by atoms with E-state index in [1.165, 1.54) is 18.2 Å². The second-order valence-electron chi connectivity index (χ2n) is 7.46. The molecule has 0 amide bonds. The third-order valence-corrected chi connectivity index (χ3v) is 5.18. The highest BCUT2D eigenvalue weighted by molar-refractivity contribution is 5.67. The summed E-state index contributed by atoms with van der Waals surface area (Å²) in [7, 11) is 0. The molecule has 1 aliphatic heterocycles. The minimum Gasteiger partial charge on any atom is -0.481 e. The van der Waals surface area contributed by atoms with E-state index in [0.717, 1.165) is 24.3 Å². The summed E-state index contributed by atoms with van der Waals surface area (Å²) in [4.78, 5) is 13.1. The van der Waals surface area contributed by atoms with Gasteiger partial charge in [-0.3, -0.25) is 9.69 Å². The molecule has 0 bridgehead atoms. The lowest BCUT2D eigenvalue weighted by Crippen LogP contribution is -2.39. The lowest BCUT2D eigenvalue weighted by Gasteiger charge is -2.37. The predicted molar refractivity (Wildman–Crippen MR) is 96.2 cm³/mol. The fourth-order valence-corrected chi connectivity index (χ4v) is 3.89. The Kier molecular flexibility index (Phi) is 6.21. The van der Waals surface area contributed by atoms with E-state index in [1.807, 2.05) is 4.90 Å². The Labute approximate surface area is 164 Å². The second kappa shape index (κ2) is 8.49. The fourth-order valence-electron chi connectivity index (χ4n) is 3.89. The predicted octanol–water partition coefficient (Wildman–Crippen LogP) is 5.06. The minimum absolute atomic E-state index is 0.0658. The smallest absolute Gasteiger partial charge is 0.416 e. The molecule has 29 heavy (non-hydrogen) atoms. The van der Waals surface area contributed by atoms with Crippen molar-refractivity contribution in [2.24, 2.45) is 5.92 Å². The Hall–Kier alpha value is -2.48. The molecule has 1 N–H and O–H groups in total. The van der Waals surface area contributed by atoms with E-state index < -0.39 is 29.3 Å². The van der Waals surface area contributed by atoms with Crippen molar-refractivity contribution in [2.75, 3.05) is 13.1 Å². The number of piperidine rings is 1. The number of aliphatic carboxylic acids is 1. The number of likely N-dealkylation sites (tertiary alicyclic amines) is 1. The van der Waals surface area contributed by atoms with E-state index in [4.69, 9.17) is 5.11 Å². The molecule has 0 saturated carbocycles. The molecule has 3 nitrogen and oxygen atoms in total. The summed E-state index contributed by atoms with van der Waals surface area (Å²) in [5.41, 5.74) is 0.512. The van der Waals surface area contributed by atoms with Crippen molar-refractivity contribution in [3.05, 3.63) is 70.8 Å². The van der Waals surface area contributed by atoms with Gasteiger partial charge in [-0.1, -0.05) is 18.2 Å². The Balaban J connectivity index is 1.77. The molecule has 0 unspecified atom stereocenters. The number of hydrogen-bond acceptors (Lipinski definition) is 2. The van der Waals surface area contributed by atoms with Gasteiger partial charge in [-0.15, -0.1) is 0 Å². The molecule has 0 spiro atoms. The van der Waals surface area contributed by atoms with Crippen LogP contribution in [0.25, 0.3) is 0 Å². The monoisotopic (exact) mass is 413 g/mol. The molecule has 0 aliphatic carbocycles. The van der Waals surface area contributed by atoms with Gasteiger partial charge in [0.2, 0.25) is 0 Å². The first kappa shape index (κ1) is 21.2. The Morgan fingerprint density at radius 3 is 2.31 bits per heavy atom. The highest BCUT2D eigenvalue weighted by Crippen LogP contribution is 2.34. The molecule has 1 aliphatic rings. The molecule has 8 heteroatoms. The molecule has 1 saturated heterocycles. The molecular weight excluding hydrogens is 393 g/mol. The fraction of sp³-hybridized carbons (Fsp3) is 0.381. The second-order valence-corrected chi connectivity index (χ2v) is 7.46. The van der Waals surface area contributed by atoms with Crippen LogP contribution in [0.4, 0.5) is 22.0 Å². The lowest BCUT2D eigenvalue weighted by atomic mass is 9.83. The molecule has 0 aromatic heterocycles. The van der Waals surface area contributed by atoms with E-state index in [9.17, 15) is 26.7 Å². The third kappa shape index (κ3) is 5.53. The molecule has 0 radical (unpaired) electrons. The average molecular weight is 413 g/mol. The quantitative estimate of drug-likeness (QED) is 0.697. The van der Waals surface area contributed by atoms with E-state index in [2.05, 4.69) is 0 Å². The van der Waals surface area contributed by atoms with Gasteiger partial charge in [-0.2, -0.15) is 13.2 Å². The van der Waals surface area contributed by atoms with E-state index in [-0.39, 0.29) is 18.3 Å². The number of nitrogens with zero attached hydrogens (tertiary/aromatic N) is 1. The van der Waals surface area contributed by atoms with Gasteiger partial charge in [-0.25, -0.2) is 8.78 Å². The number of hydrogen-bond donors (Lipinski definition) is 1. The molecule has 2 atom stereocenters. The largest absolute Gasteiger partial charge is 0.481 e. The zero-order valence-electron chi connectivity index (χ0n) is 15.4. The zero-order valence-corrected chi connectivity index (χ0v) is 15.4. The van der Waals surface area contributed by atoms with Gasteiger partial charge in [-0.05, 0) is 53.6 Å². The molecule has 2 aromatic carbocycles. The van der Waals surface area contributed by atoms with E-state index in [1.54, 1.807) is 0 Å². The van der Waals surface area contributed by atoms with Crippen molar-refractivity contribution in [3.63, 3.8) is 0 Å². The van der Waals surface area contributed by atoms with Gasteiger partial charge >= 0.3 is 12.1 Å². The summed E-state index contributed by atoms with van der Waals surface area (Å²) in [5.74, 6) is -3.26. The maximum Gasteiger partial charge on any atom is 0.416 e. The summed E-state index contributed by atoms with van der Waals surface area (Å²) in [6, 6.07) is 8.49. The first-order valence-electron chi connectivity index (χ1n) is 9.17. The standard InChI is InChI=1S/C21H20F5NO2/c22-18-6-3-15(9-19(18)23)16-7-14(8-20(28)29)11-27(12-16)10-13-1-4-17(5-2-13)21(24,25)26/h1-6,9,14,16H,7-8,10-12H2,(H,28,29)/t14-,16+/m1/s1. The lowest BCUT2D eigenvalue weighted by molar-refractivity contribution is -0.139. The molecule has 3 rings (SSSR count). The Bertz CT molecular complexity index is 866. The van der Waals surface area contributed by atoms with Crippen LogP contribution in [0.5, 0.6) is 0 Å². The Morgan fingerprint density at radius 2 is 1.72 bits per heavy atom. The van der Waals surface area contributed by atoms with Crippen molar-refractivity contribution >= 4 is 5.97 Å². The van der Waals surface area contributed by atoms with Crippen molar-refractivity contribution in [3.8, 4) is 0 Å². The van der Waals surface area contributed by atoms with Gasteiger partial charge in [0, 0.05) is 26.1 Å². The first-order chi connectivity index (χ1) is 13.6. The number of benzene rings is 2. The average Bonchev–Trinajstić information content (AvgIpc) is 2.63. The topological polar surface area (TPSA) is 40.5 Å². The number of rotatable bonds is 5. The SMILES string of the molecule is O=C(O)C[C@H]1C[C@H](c2ccc(F)c(F)c2)CN(Cc2ccc(C(F)(F)F)cc2)C1. The van der Waals surface area contributed by atoms with Gasteiger partial charge in [0.25, 0.3) is 0 Å². The highest BCUT2D eigenvalue weighted by atomic mass is 19.4. The Morgan fingerprint density at radius 1 is 1.03 bits per heavy atom. The van der Waals surface area contributed by atoms with Gasteiger partial charge in [0.15, 0.2) is 11.6 Å². The highest BCUT2D eigenvalue weighted by Gasteiger charge is 2.31. The summed E-state index contributed by atoms with van der Waals surface area (Å²) in [6.07, 6.45) is -3.96. The summed E-state index contributed by atoms with van der Waals surface area (Å²) in [5, 5.41) is 9.15. The maximum atomic E-state index is 13.6. The molecular formula is C21H20F5NO2. The van der Waals surface area contributed by atoms with Crippen LogP contribution in [0, 0.1) is 17.6 Å². The first-order valence-corrected chi connectivity index (χ1v) is 9.17. The van der Waals surface area contributed by atoms with Crippen LogP contribution in [-0.4, -0.2) is 29.1 Å². The van der Waals surface area contributed by atoms with Crippen LogP contribution in [0.1, 0.15) is 35.4 Å². The van der Waals surface area contributed by atoms with Crippen LogP contribution in [0.2, 0.25) is 0 Å². The van der Waals surface area contributed by atoms with Gasteiger partial charge in [0.05, 0.1) is 5.56 Å². The van der Waals surface area contributed by atoms with Gasteiger partial charge < -0.3 is 5.11 Å². The van der Waals surface area contributed by atoms with Crippen LogP contribution < -0.4 is 0 Å². The molecule has 1 heterocycles.